The number of aromatic amines is 1. The quantitative estimate of drug-likeness (QED) is 0.249. The Balaban J connectivity index is 0.970. The van der Waals surface area contributed by atoms with Crippen LogP contribution in [0.5, 0.6) is 23.0 Å². The molecule has 13 heteroatoms. The van der Waals surface area contributed by atoms with Crippen molar-refractivity contribution in [1.82, 2.24) is 19.7 Å². The summed E-state index contributed by atoms with van der Waals surface area (Å²) >= 11 is 0. The minimum Gasteiger partial charge on any atom is -0.467 e. The molecule has 6 aliphatic rings. The van der Waals surface area contributed by atoms with E-state index in [1.165, 1.54) is 12.0 Å². The number of hydrogen-bond acceptors (Lipinski definition) is 9. The number of fused-ring (bicyclic) bond motifs is 8. The Hall–Kier alpha value is -6.76. The van der Waals surface area contributed by atoms with Gasteiger partial charge in [-0.2, -0.15) is 0 Å². The van der Waals surface area contributed by atoms with Crippen molar-refractivity contribution in [1.29, 1.82) is 0 Å². The fraction of sp³-hybridized carbons (Fsp3) is 0.273. The van der Waals surface area contributed by atoms with Crippen LogP contribution < -0.4 is 18.9 Å². The second kappa shape index (κ2) is 12.6. The molecule has 0 radical (unpaired) electrons. The maximum Gasteiger partial charge on any atom is 0.328 e. The van der Waals surface area contributed by atoms with Gasteiger partial charge in [0.2, 0.25) is 31.3 Å². The Labute approximate surface area is 326 Å². The molecular weight excluding hydrogens is 729 g/mol. The molecule has 5 aliphatic heterocycles. The lowest BCUT2D eigenvalue weighted by atomic mass is 9.84. The van der Waals surface area contributed by atoms with E-state index in [-0.39, 0.29) is 44.8 Å². The Morgan fingerprint density at radius 3 is 2.25 bits per heavy atom. The Morgan fingerprint density at radius 1 is 0.807 bits per heavy atom. The topological polar surface area (TPSA) is 140 Å². The highest BCUT2D eigenvalue weighted by Crippen LogP contribution is 2.51. The fourth-order valence-electron chi connectivity index (χ4n) is 9.82. The van der Waals surface area contributed by atoms with Crippen LogP contribution in [0.1, 0.15) is 52.0 Å². The summed E-state index contributed by atoms with van der Waals surface area (Å²) < 4.78 is 28.0. The number of nitrogens with one attached hydrogen (secondary N) is 1. The summed E-state index contributed by atoms with van der Waals surface area (Å²) in [6.45, 7) is -0.547. The Kier molecular flexibility index (Phi) is 7.44. The third-order valence-corrected chi connectivity index (χ3v) is 12.3. The van der Waals surface area contributed by atoms with E-state index in [9.17, 15) is 14.4 Å². The zero-order valence-electron chi connectivity index (χ0n) is 30.9. The molecule has 0 spiro atoms. The average molecular weight is 765 g/mol. The summed E-state index contributed by atoms with van der Waals surface area (Å²) in [5, 5.41) is 0.966. The van der Waals surface area contributed by atoms with Gasteiger partial charge in [0.15, 0.2) is 23.0 Å². The lowest BCUT2D eigenvalue weighted by molar-refractivity contribution is -0.163. The number of esters is 1. The van der Waals surface area contributed by atoms with Crippen LogP contribution in [0.25, 0.3) is 16.5 Å². The zero-order valence-corrected chi connectivity index (χ0v) is 30.9. The van der Waals surface area contributed by atoms with E-state index in [4.69, 9.17) is 23.7 Å². The molecule has 4 aromatic carbocycles. The van der Waals surface area contributed by atoms with E-state index in [1.54, 1.807) is 9.80 Å². The number of H-pyrrole nitrogens is 1. The molecule has 1 aromatic heterocycles. The number of piperazine rings is 1. The number of rotatable bonds is 5. The van der Waals surface area contributed by atoms with Crippen LogP contribution in [-0.2, 0) is 36.8 Å². The van der Waals surface area contributed by atoms with Crippen LogP contribution in [0, 0.1) is 0 Å². The minimum absolute atomic E-state index is 0.0785. The lowest BCUT2D eigenvalue weighted by Crippen LogP contribution is -2.64. The molecule has 3 amide bonds. The molecule has 6 heterocycles. The maximum atomic E-state index is 15.0. The number of amides is 3. The minimum atomic E-state index is -0.992. The molecule has 1 aliphatic carbocycles. The number of methoxy groups -OCH3 is 1. The van der Waals surface area contributed by atoms with Gasteiger partial charge < -0.3 is 43.4 Å². The van der Waals surface area contributed by atoms with Gasteiger partial charge in [0.25, 0.3) is 0 Å². The highest BCUT2D eigenvalue weighted by molar-refractivity contribution is 6.00. The van der Waals surface area contributed by atoms with E-state index in [1.807, 2.05) is 78.9 Å². The van der Waals surface area contributed by atoms with Gasteiger partial charge in [-0.1, -0.05) is 54.6 Å². The van der Waals surface area contributed by atoms with Crippen molar-refractivity contribution in [3.8, 4) is 23.0 Å². The van der Waals surface area contributed by atoms with Gasteiger partial charge in [0.05, 0.1) is 19.2 Å². The summed E-state index contributed by atoms with van der Waals surface area (Å²) in [5.74, 6) is 0.630. The average Bonchev–Trinajstić information content (AvgIpc) is 4.05. The Bertz CT molecular complexity index is 2610. The number of benzene rings is 4. The number of para-hydroxylation sites is 1. The number of carbonyl (C=O) groups is 4. The maximum absolute atomic E-state index is 15.0. The highest BCUT2D eigenvalue weighted by Gasteiger charge is 2.51. The second-order valence-corrected chi connectivity index (χ2v) is 15.2. The van der Waals surface area contributed by atoms with Gasteiger partial charge in [0.1, 0.15) is 25.2 Å². The van der Waals surface area contributed by atoms with E-state index < -0.39 is 42.6 Å². The highest BCUT2D eigenvalue weighted by atomic mass is 16.7. The van der Waals surface area contributed by atoms with Crippen molar-refractivity contribution in [2.75, 3.05) is 33.8 Å². The number of aromatic nitrogens is 1. The van der Waals surface area contributed by atoms with E-state index in [0.717, 1.165) is 55.6 Å². The SMILES string of the molecule is COC(=O)[C@H]1CC2=C(Cc3ccccc32)[C@@H](c2ccc3c(c2)OCO3)N1C(=O)CN1CC(=O)N2[C@H](c3ccc4c(c3)OCO4)c3[nH]c4ccccc4c3C[C@@H]2C1=O. The van der Waals surface area contributed by atoms with Crippen molar-refractivity contribution < 1.29 is 42.9 Å². The summed E-state index contributed by atoms with van der Waals surface area (Å²) in [6, 6.07) is 23.9. The van der Waals surface area contributed by atoms with Crippen LogP contribution in [0.4, 0.5) is 0 Å². The number of ether oxygens (including phenoxy) is 5. The van der Waals surface area contributed by atoms with Crippen molar-refractivity contribution in [3.05, 3.63) is 124 Å². The van der Waals surface area contributed by atoms with Crippen molar-refractivity contribution >= 4 is 40.2 Å². The number of nitrogens with zero attached hydrogens (tertiary/aromatic N) is 3. The van der Waals surface area contributed by atoms with Gasteiger partial charge >= 0.3 is 5.97 Å². The van der Waals surface area contributed by atoms with Crippen molar-refractivity contribution in [3.63, 3.8) is 0 Å². The molecule has 0 bridgehead atoms. The predicted octanol–water partition coefficient (Wildman–Crippen LogP) is 4.84. The molecule has 11 rings (SSSR count). The summed E-state index contributed by atoms with van der Waals surface area (Å²) in [6.07, 6.45) is 1.09. The monoisotopic (exact) mass is 764 g/mol. The van der Waals surface area contributed by atoms with E-state index in [2.05, 4.69) is 11.1 Å². The summed E-state index contributed by atoms with van der Waals surface area (Å²) in [7, 11) is 1.31. The normalized spacial score (nSPS) is 22.7. The molecular formula is C44H36N4O9. The molecule has 5 aromatic rings. The first-order valence-electron chi connectivity index (χ1n) is 19.0. The summed E-state index contributed by atoms with van der Waals surface area (Å²) in [5.41, 5.74) is 8.31. The van der Waals surface area contributed by atoms with E-state index in [0.29, 0.717) is 29.4 Å². The first-order valence-corrected chi connectivity index (χ1v) is 19.0. The third-order valence-electron chi connectivity index (χ3n) is 12.3. The first-order chi connectivity index (χ1) is 27.9. The third kappa shape index (κ3) is 5.07. The molecule has 1 fully saturated rings. The van der Waals surface area contributed by atoms with Crippen LogP contribution in [0.15, 0.2) is 90.5 Å². The van der Waals surface area contributed by atoms with Gasteiger partial charge in [-0.05, 0) is 75.7 Å². The lowest BCUT2D eigenvalue weighted by Gasteiger charge is -2.48. The van der Waals surface area contributed by atoms with Crippen LogP contribution in [0.3, 0.4) is 0 Å². The molecule has 0 saturated carbocycles. The number of hydrogen-bond donors (Lipinski definition) is 1. The second-order valence-electron chi connectivity index (χ2n) is 15.2. The van der Waals surface area contributed by atoms with Gasteiger partial charge in [-0.15, -0.1) is 0 Å². The standard InChI is InChI=1S/C44H36N4O9/c1-53-44(52)33-17-28-26-7-3-2-6-23(26)14-30(28)41(24-10-12-34-36(15-24)56-21-54-34)48(33)39(50)20-46-19-38(49)47-32(43(46)51)18-29-27-8-4-5-9-31(27)45-40(29)42(47)25-11-13-35-37(16-25)57-22-55-35/h2-13,15-16,32-33,41-42,45H,14,17-22H2,1H3/t32-,33-,41-,42-/m1/s1. The molecule has 1 N–H and O–H groups in total. The fourth-order valence-corrected chi connectivity index (χ4v) is 9.82. The molecule has 13 nitrogen and oxygen atoms in total. The predicted molar refractivity (Wildman–Crippen MR) is 203 cm³/mol. The smallest absolute Gasteiger partial charge is 0.328 e. The largest absolute Gasteiger partial charge is 0.467 e. The first kappa shape index (κ1) is 33.6. The van der Waals surface area contributed by atoms with Gasteiger partial charge in [0, 0.05) is 29.4 Å². The zero-order chi connectivity index (χ0) is 38.5. The van der Waals surface area contributed by atoms with E-state index >= 15 is 4.79 Å². The van der Waals surface area contributed by atoms with Crippen LogP contribution >= 0.6 is 0 Å². The molecule has 4 atom stereocenters. The summed E-state index contributed by atoms with van der Waals surface area (Å²) in [4.78, 5) is 66.2. The molecule has 57 heavy (non-hydrogen) atoms. The molecule has 0 unspecified atom stereocenters. The molecule has 1 saturated heterocycles. The van der Waals surface area contributed by atoms with Gasteiger partial charge in [-0.3, -0.25) is 14.4 Å². The van der Waals surface area contributed by atoms with Crippen LogP contribution in [-0.4, -0.2) is 89.2 Å². The van der Waals surface area contributed by atoms with Crippen LogP contribution in [0.2, 0.25) is 0 Å². The number of carbonyl (C=O) groups excluding carboxylic acids is 4. The van der Waals surface area contributed by atoms with Crippen molar-refractivity contribution in [2.45, 2.75) is 43.4 Å². The Morgan fingerprint density at radius 2 is 1.49 bits per heavy atom. The van der Waals surface area contributed by atoms with Crippen molar-refractivity contribution in [2.24, 2.45) is 0 Å². The van der Waals surface area contributed by atoms with Gasteiger partial charge in [-0.25, -0.2) is 4.79 Å². The molecule has 286 valence electrons.